The molecule has 9 nitrogen and oxygen atoms in total. The van der Waals surface area contributed by atoms with E-state index < -0.39 is 23.8 Å². The Bertz CT molecular complexity index is 1460. The number of amides is 1. The number of carboxylic acid groups (broad SMARTS) is 1. The summed E-state index contributed by atoms with van der Waals surface area (Å²) in [4.78, 5) is 31.3. The maximum atomic E-state index is 12.9. The normalized spacial score (nSPS) is 19.9. The molecule has 2 unspecified atom stereocenters. The molecule has 1 amide bonds. The van der Waals surface area contributed by atoms with Crippen molar-refractivity contribution in [3.63, 3.8) is 0 Å². The molecule has 0 radical (unpaired) electrons. The SMILES string of the molecule is Cc1cn(C(=O)OC(C)(C)C)c2ncc(-c3cc4c(c(C5COCCN5C(=O)O)c3)C(C(C)(C)C)NCC4)cc12. The van der Waals surface area contributed by atoms with Crippen molar-refractivity contribution in [3.8, 4) is 11.1 Å². The topological polar surface area (TPSA) is 106 Å². The summed E-state index contributed by atoms with van der Waals surface area (Å²) in [7, 11) is 0. The van der Waals surface area contributed by atoms with Crippen LogP contribution in [0.5, 0.6) is 0 Å². The Morgan fingerprint density at radius 3 is 2.55 bits per heavy atom. The second-order valence-electron chi connectivity index (χ2n) is 13.0. The van der Waals surface area contributed by atoms with Crippen molar-refractivity contribution < 1.29 is 24.2 Å². The van der Waals surface area contributed by atoms with E-state index in [9.17, 15) is 14.7 Å². The Labute approximate surface area is 235 Å². The number of carbonyl (C=O) groups is 2. The number of nitrogens with zero attached hydrogens (tertiary/aromatic N) is 3. The molecule has 2 aliphatic heterocycles. The molecule has 3 aromatic rings. The molecule has 4 heterocycles. The molecule has 2 aromatic heterocycles. The van der Waals surface area contributed by atoms with Gasteiger partial charge in [0.2, 0.25) is 0 Å². The Balaban J connectivity index is 1.65. The van der Waals surface area contributed by atoms with E-state index >= 15 is 0 Å². The first-order valence-electron chi connectivity index (χ1n) is 13.9. The van der Waals surface area contributed by atoms with E-state index in [2.05, 4.69) is 44.3 Å². The zero-order valence-corrected chi connectivity index (χ0v) is 24.5. The summed E-state index contributed by atoms with van der Waals surface area (Å²) in [5.74, 6) is 0. The molecule has 40 heavy (non-hydrogen) atoms. The molecular formula is C31H40N4O5. The van der Waals surface area contributed by atoms with Gasteiger partial charge in [0.25, 0.3) is 0 Å². The Morgan fingerprint density at radius 2 is 1.88 bits per heavy atom. The van der Waals surface area contributed by atoms with Crippen LogP contribution in [0.25, 0.3) is 22.2 Å². The van der Waals surface area contributed by atoms with Gasteiger partial charge in [0.15, 0.2) is 0 Å². The third kappa shape index (κ3) is 5.32. The first-order valence-corrected chi connectivity index (χ1v) is 13.9. The molecule has 0 spiro atoms. The number of benzene rings is 1. The predicted molar refractivity (Wildman–Crippen MR) is 154 cm³/mol. The number of fused-ring (bicyclic) bond motifs is 2. The molecule has 0 saturated carbocycles. The molecule has 5 rings (SSSR count). The van der Waals surface area contributed by atoms with Crippen molar-refractivity contribution in [1.82, 2.24) is 19.8 Å². The lowest BCUT2D eigenvalue weighted by Crippen LogP contribution is -2.45. The number of aromatic nitrogens is 2. The van der Waals surface area contributed by atoms with Crippen LogP contribution in [0.15, 0.2) is 30.6 Å². The van der Waals surface area contributed by atoms with Crippen LogP contribution < -0.4 is 5.32 Å². The van der Waals surface area contributed by atoms with Gasteiger partial charge in [-0.2, -0.15) is 0 Å². The molecular weight excluding hydrogens is 508 g/mol. The van der Waals surface area contributed by atoms with Gasteiger partial charge in [-0.05, 0) is 86.0 Å². The molecule has 2 aliphatic rings. The zero-order chi connectivity index (χ0) is 29.0. The Hall–Kier alpha value is -3.43. The molecule has 9 heteroatoms. The molecule has 0 aliphatic carbocycles. The van der Waals surface area contributed by atoms with Crippen LogP contribution in [0.2, 0.25) is 0 Å². The lowest BCUT2D eigenvalue weighted by Gasteiger charge is -2.42. The molecule has 1 aromatic carbocycles. The minimum atomic E-state index is -0.939. The van der Waals surface area contributed by atoms with Crippen molar-refractivity contribution in [2.45, 2.75) is 72.6 Å². The second-order valence-corrected chi connectivity index (χ2v) is 13.0. The van der Waals surface area contributed by atoms with Gasteiger partial charge in [-0.3, -0.25) is 4.90 Å². The third-order valence-corrected chi connectivity index (χ3v) is 7.69. The van der Waals surface area contributed by atoms with Crippen LogP contribution in [0.1, 0.15) is 75.9 Å². The lowest BCUT2D eigenvalue weighted by atomic mass is 9.74. The fraction of sp³-hybridized carbons (Fsp3) is 0.516. The van der Waals surface area contributed by atoms with Crippen molar-refractivity contribution in [2.24, 2.45) is 5.41 Å². The van der Waals surface area contributed by atoms with Gasteiger partial charge in [0.1, 0.15) is 11.2 Å². The van der Waals surface area contributed by atoms with E-state index in [1.54, 1.807) is 12.4 Å². The number of ether oxygens (including phenoxy) is 2. The van der Waals surface area contributed by atoms with Crippen LogP contribution >= 0.6 is 0 Å². The number of hydrogen-bond acceptors (Lipinski definition) is 6. The molecule has 2 atom stereocenters. The van der Waals surface area contributed by atoms with E-state index in [0.29, 0.717) is 25.4 Å². The largest absolute Gasteiger partial charge is 0.465 e. The van der Waals surface area contributed by atoms with Crippen molar-refractivity contribution in [3.05, 3.63) is 52.8 Å². The number of morpholine rings is 1. The van der Waals surface area contributed by atoms with E-state index in [0.717, 1.165) is 40.6 Å². The molecule has 0 bridgehead atoms. The van der Waals surface area contributed by atoms with Crippen LogP contribution in [-0.4, -0.2) is 63.6 Å². The highest BCUT2D eigenvalue weighted by atomic mass is 16.6. The summed E-state index contributed by atoms with van der Waals surface area (Å²) in [5, 5.41) is 14.6. The van der Waals surface area contributed by atoms with Crippen molar-refractivity contribution in [2.75, 3.05) is 26.3 Å². The zero-order valence-electron chi connectivity index (χ0n) is 24.5. The molecule has 214 valence electrons. The van der Waals surface area contributed by atoms with Gasteiger partial charge in [-0.25, -0.2) is 19.1 Å². The van der Waals surface area contributed by atoms with Gasteiger partial charge in [0, 0.05) is 35.9 Å². The first kappa shape index (κ1) is 28.1. The highest BCUT2D eigenvalue weighted by Gasteiger charge is 2.38. The van der Waals surface area contributed by atoms with E-state index in [-0.39, 0.29) is 11.5 Å². The summed E-state index contributed by atoms with van der Waals surface area (Å²) >= 11 is 0. The minimum absolute atomic E-state index is 0.0723. The standard InChI is InChI=1S/C31H40N4O5/c1-18-16-35(29(38)40-31(5,6)7)27-22(18)14-21(15-33-27)20-12-19-8-9-32-26(30(2,3)4)25(19)23(13-20)24-17-39-11-10-34(24)28(36)37/h12-16,24,26,32H,8-11,17H2,1-7H3,(H,36,37). The van der Waals surface area contributed by atoms with Gasteiger partial charge >= 0.3 is 12.2 Å². The second kappa shape index (κ2) is 10.2. The number of rotatable bonds is 2. The third-order valence-electron chi connectivity index (χ3n) is 7.69. The van der Waals surface area contributed by atoms with Crippen molar-refractivity contribution in [1.29, 1.82) is 0 Å². The monoisotopic (exact) mass is 548 g/mol. The predicted octanol–water partition coefficient (Wildman–Crippen LogP) is 6.08. The quantitative estimate of drug-likeness (QED) is 0.400. The number of carbonyl (C=O) groups excluding carboxylic acids is 1. The molecule has 2 N–H and O–H groups in total. The summed E-state index contributed by atoms with van der Waals surface area (Å²) in [6.07, 6.45) is 2.98. The Kier molecular flexibility index (Phi) is 7.17. The summed E-state index contributed by atoms with van der Waals surface area (Å²) in [6.45, 7) is 16.0. The average Bonchev–Trinajstić information content (AvgIpc) is 3.22. The van der Waals surface area contributed by atoms with Gasteiger partial charge in [-0.15, -0.1) is 0 Å². The highest BCUT2D eigenvalue weighted by Crippen LogP contribution is 2.44. The summed E-state index contributed by atoms with van der Waals surface area (Å²) in [6, 6.07) is 6.05. The van der Waals surface area contributed by atoms with Gasteiger partial charge < -0.3 is 19.9 Å². The summed E-state index contributed by atoms with van der Waals surface area (Å²) < 4.78 is 12.9. The van der Waals surface area contributed by atoms with Crippen LogP contribution in [0.3, 0.4) is 0 Å². The smallest absolute Gasteiger partial charge is 0.420 e. The average molecular weight is 549 g/mol. The van der Waals surface area contributed by atoms with Gasteiger partial charge in [-0.1, -0.05) is 26.8 Å². The molecule has 1 fully saturated rings. The van der Waals surface area contributed by atoms with Crippen LogP contribution in [-0.2, 0) is 15.9 Å². The maximum absolute atomic E-state index is 12.9. The van der Waals surface area contributed by atoms with Gasteiger partial charge in [0.05, 0.1) is 19.3 Å². The van der Waals surface area contributed by atoms with E-state index in [1.165, 1.54) is 20.6 Å². The van der Waals surface area contributed by atoms with Crippen LogP contribution in [0, 0.1) is 12.3 Å². The Morgan fingerprint density at radius 1 is 1.12 bits per heavy atom. The number of nitrogens with one attached hydrogen (secondary N) is 1. The fourth-order valence-corrected chi connectivity index (χ4v) is 5.89. The lowest BCUT2D eigenvalue weighted by molar-refractivity contribution is -0.00160. The summed E-state index contributed by atoms with van der Waals surface area (Å²) in [5.41, 5.74) is 6.02. The highest BCUT2D eigenvalue weighted by molar-refractivity contribution is 5.91. The number of pyridine rings is 1. The van der Waals surface area contributed by atoms with E-state index in [1.807, 2.05) is 27.7 Å². The molecule has 1 saturated heterocycles. The van der Waals surface area contributed by atoms with Crippen molar-refractivity contribution >= 4 is 23.2 Å². The fourth-order valence-electron chi connectivity index (χ4n) is 5.89. The first-order chi connectivity index (χ1) is 18.7. The number of hydrogen-bond donors (Lipinski definition) is 2. The van der Waals surface area contributed by atoms with Crippen LogP contribution in [0.4, 0.5) is 9.59 Å². The number of aryl methyl sites for hydroxylation is 1. The maximum Gasteiger partial charge on any atom is 0.420 e. The minimum Gasteiger partial charge on any atom is -0.465 e. The van der Waals surface area contributed by atoms with E-state index in [4.69, 9.17) is 14.5 Å².